The van der Waals surface area contributed by atoms with Crippen LogP contribution in [0.3, 0.4) is 0 Å². The predicted octanol–water partition coefficient (Wildman–Crippen LogP) is 6.17. The van der Waals surface area contributed by atoms with E-state index in [2.05, 4.69) is 43.0 Å². The van der Waals surface area contributed by atoms with E-state index in [0.29, 0.717) is 0 Å². The third-order valence-corrected chi connectivity index (χ3v) is 5.81. The van der Waals surface area contributed by atoms with Crippen molar-refractivity contribution in [1.29, 1.82) is 0 Å². The maximum absolute atomic E-state index is 6.38. The van der Waals surface area contributed by atoms with Gasteiger partial charge in [-0.3, -0.25) is 0 Å². The highest BCUT2D eigenvalue weighted by atomic mass is 16.5. The number of nitrogens with zero attached hydrogens (tertiary/aromatic N) is 3. The smallest absolute Gasteiger partial charge is 0.155 e. The van der Waals surface area contributed by atoms with Crippen LogP contribution in [0.15, 0.2) is 82.2 Å². The van der Waals surface area contributed by atoms with Crippen molar-refractivity contribution < 1.29 is 9.15 Å². The molecule has 0 fully saturated rings. The Morgan fingerprint density at radius 1 is 0.906 bits per heavy atom. The molecule has 3 aromatic rings. The Morgan fingerprint density at radius 3 is 2.38 bits per heavy atom. The first kappa shape index (κ1) is 20.1. The van der Waals surface area contributed by atoms with Crippen LogP contribution in [-0.2, 0) is 0 Å². The zero-order valence-electron chi connectivity index (χ0n) is 18.5. The summed E-state index contributed by atoms with van der Waals surface area (Å²) in [6.45, 7) is 6.20. The van der Waals surface area contributed by atoms with Crippen molar-refractivity contribution in [1.82, 2.24) is 4.98 Å². The molecular weight excluding hydrogens is 398 g/mol. The van der Waals surface area contributed by atoms with Crippen LogP contribution in [0.5, 0.6) is 5.75 Å². The van der Waals surface area contributed by atoms with E-state index in [0.717, 1.165) is 68.9 Å². The third-order valence-electron chi connectivity index (χ3n) is 5.81. The molecule has 0 spiro atoms. The monoisotopic (exact) mass is 423 g/mol. The highest BCUT2D eigenvalue weighted by Gasteiger charge is 2.15. The van der Waals surface area contributed by atoms with Gasteiger partial charge in [0.05, 0.1) is 18.2 Å². The normalized spacial score (nSPS) is 12.0. The minimum Gasteiger partial charge on any atom is -0.497 e. The molecule has 160 valence electrons. The SMILES string of the molecule is CCN(CC)c1ccc2nc3c4ccccc4c(=Nc4ccc(OC)cc4)cc-3oc2c1. The van der Waals surface area contributed by atoms with Gasteiger partial charge >= 0.3 is 0 Å². The minimum absolute atomic E-state index is 0.722. The van der Waals surface area contributed by atoms with Crippen LogP contribution >= 0.6 is 0 Å². The van der Waals surface area contributed by atoms with E-state index in [-0.39, 0.29) is 0 Å². The van der Waals surface area contributed by atoms with Crippen molar-refractivity contribution in [3.63, 3.8) is 0 Å². The second-order valence-electron chi connectivity index (χ2n) is 7.64. The van der Waals surface area contributed by atoms with Gasteiger partial charge in [0.15, 0.2) is 11.3 Å². The lowest BCUT2D eigenvalue weighted by molar-refractivity contribution is 0.415. The molecule has 0 unspecified atom stereocenters. The fraction of sp³-hybridized carbons (Fsp3) is 0.185. The predicted molar refractivity (Wildman–Crippen MR) is 130 cm³/mol. The van der Waals surface area contributed by atoms with Crippen LogP contribution in [0.25, 0.3) is 33.3 Å². The van der Waals surface area contributed by atoms with Crippen molar-refractivity contribution in [2.75, 3.05) is 25.1 Å². The molecule has 32 heavy (non-hydrogen) atoms. The van der Waals surface area contributed by atoms with Gasteiger partial charge in [0.1, 0.15) is 17.0 Å². The number of hydrogen-bond acceptors (Lipinski definition) is 5. The largest absolute Gasteiger partial charge is 0.497 e. The van der Waals surface area contributed by atoms with Crippen molar-refractivity contribution in [3.05, 3.63) is 78.2 Å². The molecule has 0 aromatic heterocycles. The second-order valence-corrected chi connectivity index (χ2v) is 7.64. The van der Waals surface area contributed by atoms with Gasteiger partial charge < -0.3 is 14.1 Å². The second kappa shape index (κ2) is 8.35. The summed E-state index contributed by atoms with van der Waals surface area (Å²) < 4.78 is 11.6. The van der Waals surface area contributed by atoms with Crippen LogP contribution in [0, 0.1) is 0 Å². The first-order valence-electron chi connectivity index (χ1n) is 10.9. The Kier molecular flexibility index (Phi) is 5.23. The van der Waals surface area contributed by atoms with E-state index in [4.69, 9.17) is 19.1 Å². The van der Waals surface area contributed by atoms with Crippen molar-refractivity contribution >= 4 is 33.2 Å². The zero-order chi connectivity index (χ0) is 22.1. The number of anilines is 1. The van der Waals surface area contributed by atoms with E-state index < -0.39 is 0 Å². The fourth-order valence-corrected chi connectivity index (χ4v) is 4.10. The average molecular weight is 424 g/mol. The number of aromatic nitrogens is 1. The van der Waals surface area contributed by atoms with Gasteiger partial charge in [0, 0.05) is 41.7 Å². The molecule has 0 saturated heterocycles. The van der Waals surface area contributed by atoms with Crippen molar-refractivity contribution in [3.8, 4) is 17.2 Å². The lowest BCUT2D eigenvalue weighted by Crippen LogP contribution is -2.21. The highest BCUT2D eigenvalue weighted by Crippen LogP contribution is 2.32. The van der Waals surface area contributed by atoms with Gasteiger partial charge in [-0.05, 0) is 50.2 Å². The molecular formula is C27H25N3O2. The van der Waals surface area contributed by atoms with Gasteiger partial charge in [0.25, 0.3) is 0 Å². The first-order valence-corrected chi connectivity index (χ1v) is 10.9. The maximum atomic E-state index is 6.38. The number of rotatable bonds is 5. The molecule has 0 radical (unpaired) electrons. The van der Waals surface area contributed by atoms with E-state index >= 15 is 0 Å². The van der Waals surface area contributed by atoms with E-state index in [9.17, 15) is 0 Å². The van der Waals surface area contributed by atoms with Crippen LogP contribution in [0.2, 0.25) is 0 Å². The standard InChI is InChI=1S/C27H25N3O2/c1-4-30(5-2)19-12-15-23-25(16-19)32-26-17-24(28-18-10-13-20(31-3)14-11-18)21-8-6-7-9-22(21)27(26)29-23/h6-17H,4-5H2,1-3H3. The molecule has 0 saturated carbocycles. The van der Waals surface area contributed by atoms with Crippen LogP contribution < -0.4 is 15.0 Å². The molecule has 1 aliphatic heterocycles. The summed E-state index contributed by atoms with van der Waals surface area (Å²) >= 11 is 0. The topological polar surface area (TPSA) is 50.9 Å². The first-order chi connectivity index (χ1) is 15.7. The number of fused-ring (bicyclic) bond motifs is 4. The fourth-order valence-electron chi connectivity index (χ4n) is 4.10. The zero-order valence-corrected chi connectivity index (χ0v) is 18.5. The number of methoxy groups -OCH3 is 1. The number of hydrogen-bond donors (Lipinski definition) is 0. The molecule has 0 N–H and O–H groups in total. The van der Waals surface area contributed by atoms with Crippen LogP contribution in [0.4, 0.5) is 11.4 Å². The molecule has 0 bridgehead atoms. The maximum Gasteiger partial charge on any atom is 0.155 e. The number of benzene rings is 4. The Balaban J connectivity index is 1.75. The highest BCUT2D eigenvalue weighted by molar-refractivity contribution is 5.96. The molecule has 1 aliphatic carbocycles. The number of ether oxygens (including phenoxy) is 1. The van der Waals surface area contributed by atoms with Crippen molar-refractivity contribution in [2.45, 2.75) is 13.8 Å². The summed E-state index contributed by atoms with van der Waals surface area (Å²) in [5.74, 6) is 1.53. The van der Waals surface area contributed by atoms with E-state index in [1.807, 2.05) is 48.5 Å². The van der Waals surface area contributed by atoms with Crippen LogP contribution in [0.1, 0.15) is 13.8 Å². The van der Waals surface area contributed by atoms with Crippen molar-refractivity contribution in [2.24, 2.45) is 4.99 Å². The lowest BCUT2D eigenvalue weighted by atomic mass is 10.0. The van der Waals surface area contributed by atoms with Gasteiger partial charge in [-0.15, -0.1) is 0 Å². The molecule has 0 amide bonds. The van der Waals surface area contributed by atoms with Gasteiger partial charge in [-0.25, -0.2) is 9.98 Å². The molecule has 5 rings (SSSR count). The summed E-state index contributed by atoms with van der Waals surface area (Å²) in [4.78, 5) is 12.1. The van der Waals surface area contributed by atoms with E-state index in [1.54, 1.807) is 7.11 Å². The summed E-state index contributed by atoms with van der Waals surface area (Å²) in [6.07, 6.45) is 0. The Hall–Kier alpha value is -3.86. The van der Waals surface area contributed by atoms with Crippen LogP contribution in [-0.4, -0.2) is 25.2 Å². The quantitative estimate of drug-likeness (QED) is 0.250. The summed E-state index contributed by atoms with van der Waals surface area (Å²) in [6, 6.07) is 24.1. The van der Waals surface area contributed by atoms with Gasteiger partial charge in [-0.2, -0.15) is 0 Å². The molecule has 5 nitrogen and oxygen atoms in total. The summed E-state index contributed by atoms with van der Waals surface area (Å²) in [5.41, 5.74) is 4.45. The molecule has 0 atom stereocenters. The molecule has 2 aliphatic rings. The molecule has 5 heteroatoms. The van der Waals surface area contributed by atoms with Gasteiger partial charge in [0.2, 0.25) is 0 Å². The van der Waals surface area contributed by atoms with Gasteiger partial charge in [-0.1, -0.05) is 24.3 Å². The lowest BCUT2D eigenvalue weighted by Gasteiger charge is -2.21. The summed E-state index contributed by atoms with van der Waals surface area (Å²) in [7, 11) is 1.66. The Labute approximate surface area is 187 Å². The van der Waals surface area contributed by atoms with E-state index in [1.165, 1.54) is 0 Å². The Bertz CT molecular complexity index is 1430. The minimum atomic E-state index is 0.722. The average Bonchev–Trinajstić information content (AvgIpc) is 2.84. The summed E-state index contributed by atoms with van der Waals surface area (Å²) in [5, 5.41) is 2.91. The molecule has 3 aromatic carbocycles. The third kappa shape index (κ3) is 3.56. The Morgan fingerprint density at radius 2 is 1.66 bits per heavy atom. The molecule has 1 heterocycles.